The fourth-order valence-corrected chi connectivity index (χ4v) is 6.25. The van der Waals surface area contributed by atoms with Crippen LogP contribution in [-0.2, 0) is 16.6 Å². The van der Waals surface area contributed by atoms with Gasteiger partial charge in [0.2, 0.25) is 10.0 Å². The van der Waals surface area contributed by atoms with Gasteiger partial charge in [-0.1, -0.05) is 67.6 Å². The summed E-state index contributed by atoms with van der Waals surface area (Å²) < 4.78 is 28.8. The number of hydrogen-bond acceptors (Lipinski definition) is 3. The number of nitrogens with zero attached hydrogens (tertiary/aromatic N) is 2. The summed E-state index contributed by atoms with van der Waals surface area (Å²) in [4.78, 5) is 2.87. The lowest BCUT2D eigenvalue weighted by Gasteiger charge is -2.35. The number of sulfonamides is 1. The van der Waals surface area contributed by atoms with Crippen molar-refractivity contribution in [2.24, 2.45) is 5.92 Å². The van der Waals surface area contributed by atoms with Gasteiger partial charge in [0.1, 0.15) is 0 Å². The first-order valence-electron chi connectivity index (χ1n) is 11.3. The Kier molecular flexibility index (Phi) is 7.06. The Morgan fingerprint density at radius 3 is 2.48 bits per heavy atom. The number of hydrogen-bond donors (Lipinski definition) is 0. The maximum absolute atomic E-state index is 13.5. The number of piperidine rings is 1. The summed E-state index contributed by atoms with van der Waals surface area (Å²) in [6, 6.07) is 23.9. The van der Waals surface area contributed by atoms with E-state index in [4.69, 9.17) is 0 Å². The fraction of sp³-hybridized carbons (Fsp3) is 0.385. The van der Waals surface area contributed by atoms with Gasteiger partial charge in [0.15, 0.2) is 0 Å². The Hall–Kier alpha value is -2.21. The van der Waals surface area contributed by atoms with Crippen LogP contribution in [-0.4, -0.2) is 43.8 Å². The standard InChI is InChI=1S/C26H32N2O2S/c1-2-16-28(31(29,30)26-15-14-24-12-6-7-13-25(24)18-26)21-23-11-8-17-27(20-23)19-22-9-4-3-5-10-22/h3-7,9-10,12-15,18,23H,2,8,11,16-17,19-21H2,1H3. The van der Waals surface area contributed by atoms with Crippen molar-refractivity contribution in [3.63, 3.8) is 0 Å². The molecule has 4 nitrogen and oxygen atoms in total. The van der Waals surface area contributed by atoms with Gasteiger partial charge >= 0.3 is 0 Å². The van der Waals surface area contributed by atoms with Gasteiger partial charge < -0.3 is 0 Å². The molecule has 164 valence electrons. The van der Waals surface area contributed by atoms with Gasteiger partial charge in [-0.2, -0.15) is 4.31 Å². The molecule has 4 rings (SSSR count). The maximum atomic E-state index is 13.5. The number of rotatable bonds is 8. The van der Waals surface area contributed by atoms with E-state index in [-0.39, 0.29) is 0 Å². The van der Waals surface area contributed by atoms with E-state index in [0.29, 0.717) is 23.9 Å². The van der Waals surface area contributed by atoms with Crippen LogP contribution in [0.25, 0.3) is 10.8 Å². The second-order valence-corrected chi connectivity index (χ2v) is 10.5. The smallest absolute Gasteiger partial charge is 0.243 e. The molecule has 0 spiro atoms. The molecule has 0 saturated carbocycles. The van der Waals surface area contributed by atoms with Crippen LogP contribution >= 0.6 is 0 Å². The van der Waals surface area contributed by atoms with E-state index in [0.717, 1.165) is 49.7 Å². The van der Waals surface area contributed by atoms with Crippen LogP contribution in [0.15, 0.2) is 77.7 Å². The van der Waals surface area contributed by atoms with Crippen LogP contribution in [0.5, 0.6) is 0 Å². The molecule has 1 saturated heterocycles. The molecule has 0 amide bonds. The Balaban J connectivity index is 1.49. The van der Waals surface area contributed by atoms with Crippen molar-refractivity contribution in [1.29, 1.82) is 0 Å². The van der Waals surface area contributed by atoms with Crippen molar-refractivity contribution < 1.29 is 8.42 Å². The lowest BCUT2D eigenvalue weighted by Crippen LogP contribution is -2.42. The summed E-state index contributed by atoms with van der Waals surface area (Å²) >= 11 is 0. The van der Waals surface area contributed by atoms with Crippen molar-refractivity contribution >= 4 is 20.8 Å². The largest absolute Gasteiger partial charge is 0.299 e. The van der Waals surface area contributed by atoms with Crippen molar-refractivity contribution in [1.82, 2.24) is 9.21 Å². The molecule has 1 heterocycles. The molecule has 3 aromatic carbocycles. The number of likely N-dealkylation sites (tertiary alicyclic amines) is 1. The summed E-state index contributed by atoms with van der Waals surface area (Å²) in [5, 5.41) is 2.03. The van der Waals surface area contributed by atoms with E-state index in [1.807, 2.05) is 49.4 Å². The Labute approximate surface area is 186 Å². The van der Waals surface area contributed by atoms with E-state index >= 15 is 0 Å². The van der Waals surface area contributed by atoms with Gasteiger partial charge in [-0.15, -0.1) is 0 Å². The zero-order valence-corrected chi connectivity index (χ0v) is 19.1. The summed E-state index contributed by atoms with van der Waals surface area (Å²) in [6.07, 6.45) is 3.01. The average molecular weight is 437 g/mol. The lowest BCUT2D eigenvalue weighted by atomic mass is 9.97. The highest BCUT2D eigenvalue weighted by molar-refractivity contribution is 7.89. The minimum atomic E-state index is -3.52. The van der Waals surface area contributed by atoms with Crippen LogP contribution in [0.2, 0.25) is 0 Å². The number of benzene rings is 3. The molecule has 0 aliphatic carbocycles. The van der Waals surface area contributed by atoms with Gasteiger partial charge in [-0.25, -0.2) is 8.42 Å². The van der Waals surface area contributed by atoms with E-state index in [9.17, 15) is 8.42 Å². The maximum Gasteiger partial charge on any atom is 0.243 e. The normalized spacial score (nSPS) is 17.9. The monoisotopic (exact) mass is 436 g/mol. The van der Waals surface area contributed by atoms with E-state index < -0.39 is 10.0 Å². The molecular formula is C26H32N2O2S. The summed E-state index contributed by atoms with van der Waals surface area (Å²) in [7, 11) is -3.52. The van der Waals surface area contributed by atoms with Gasteiger partial charge in [0.25, 0.3) is 0 Å². The topological polar surface area (TPSA) is 40.6 Å². The van der Waals surface area contributed by atoms with E-state index in [2.05, 4.69) is 29.2 Å². The van der Waals surface area contributed by atoms with Crippen molar-refractivity contribution in [3.05, 3.63) is 78.4 Å². The molecule has 0 radical (unpaired) electrons. The van der Waals surface area contributed by atoms with E-state index in [1.54, 1.807) is 10.4 Å². The first kappa shape index (κ1) is 22.0. The number of fused-ring (bicyclic) bond motifs is 1. The molecule has 0 aromatic heterocycles. The third kappa shape index (κ3) is 5.35. The third-order valence-electron chi connectivity index (χ3n) is 6.15. The first-order chi connectivity index (χ1) is 15.1. The summed E-state index contributed by atoms with van der Waals surface area (Å²) in [5.41, 5.74) is 1.32. The highest BCUT2D eigenvalue weighted by Crippen LogP contribution is 2.25. The molecule has 1 aliphatic rings. The van der Waals surface area contributed by atoms with Gasteiger partial charge in [0, 0.05) is 26.2 Å². The SMILES string of the molecule is CCCN(CC1CCCN(Cc2ccccc2)C1)S(=O)(=O)c1ccc2ccccc2c1. The van der Waals surface area contributed by atoms with Gasteiger partial charge in [-0.3, -0.25) is 4.90 Å². The van der Waals surface area contributed by atoms with E-state index in [1.165, 1.54) is 5.56 Å². The minimum absolute atomic E-state index is 0.360. The molecule has 31 heavy (non-hydrogen) atoms. The highest BCUT2D eigenvalue weighted by atomic mass is 32.2. The summed E-state index contributed by atoms with van der Waals surface area (Å²) in [5.74, 6) is 0.360. The van der Waals surface area contributed by atoms with Crippen LogP contribution in [0.1, 0.15) is 31.7 Å². The molecule has 0 bridgehead atoms. The average Bonchev–Trinajstić information content (AvgIpc) is 2.79. The second-order valence-electron chi connectivity index (χ2n) is 8.60. The molecule has 1 unspecified atom stereocenters. The zero-order valence-electron chi connectivity index (χ0n) is 18.3. The van der Waals surface area contributed by atoms with Gasteiger partial charge in [0.05, 0.1) is 4.90 Å². The van der Waals surface area contributed by atoms with Crippen LogP contribution in [0.4, 0.5) is 0 Å². The van der Waals surface area contributed by atoms with Crippen molar-refractivity contribution in [3.8, 4) is 0 Å². The van der Waals surface area contributed by atoms with Crippen molar-refractivity contribution in [2.45, 2.75) is 37.6 Å². The van der Waals surface area contributed by atoms with Crippen LogP contribution < -0.4 is 0 Å². The molecule has 3 aromatic rings. The lowest BCUT2D eigenvalue weighted by molar-refractivity contribution is 0.151. The third-order valence-corrected chi connectivity index (χ3v) is 8.01. The van der Waals surface area contributed by atoms with Crippen molar-refractivity contribution in [2.75, 3.05) is 26.2 Å². The highest BCUT2D eigenvalue weighted by Gasteiger charge is 2.29. The first-order valence-corrected chi connectivity index (χ1v) is 12.8. The molecule has 1 atom stereocenters. The second kappa shape index (κ2) is 9.94. The predicted molar refractivity (Wildman–Crippen MR) is 127 cm³/mol. The zero-order chi connectivity index (χ0) is 21.7. The predicted octanol–water partition coefficient (Wildman–Crippen LogP) is 5.15. The minimum Gasteiger partial charge on any atom is -0.299 e. The Morgan fingerprint density at radius 1 is 0.968 bits per heavy atom. The molecule has 1 aliphatic heterocycles. The Morgan fingerprint density at radius 2 is 1.71 bits per heavy atom. The quantitative estimate of drug-likeness (QED) is 0.490. The Bertz CT molecular complexity index is 1100. The summed E-state index contributed by atoms with van der Waals surface area (Å²) in [6.45, 7) is 6.16. The molecule has 0 N–H and O–H groups in total. The fourth-order valence-electron chi connectivity index (χ4n) is 4.61. The van der Waals surface area contributed by atoms with Crippen LogP contribution in [0.3, 0.4) is 0 Å². The molecule has 5 heteroatoms. The van der Waals surface area contributed by atoms with Gasteiger partial charge in [-0.05, 0) is 60.2 Å². The molecule has 1 fully saturated rings. The molecular weight excluding hydrogens is 404 g/mol. The van der Waals surface area contributed by atoms with Crippen LogP contribution in [0, 0.1) is 5.92 Å².